The van der Waals surface area contributed by atoms with Gasteiger partial charge < -0.3 is 62.0 Å². The summed E-state index contributed by atoms with van der Waals surface area (Å²) in [4.78, 5) is 126. The first-order valence-corrected chi connectivity index (χ1v) is 22.0. The van der Waals surface area contributed by atoms with Gasteiger partial charge in [-0.3, -0.25) is 42.9 Å². The van der Waals surface area contributed by atoms with Crippen molar-refractivity contribution in [3.8, 4) is 0 Å². The molecule has 0 fully saturated rings. The van der Waals surface area contributed by atoms with Gasteiger partial charge >= 0.3 is 19.5 Å². The van der Waals surface area contributed by atoms with Crippen LogP contribution in [0.5, 0.6) is 0 Å². The fourth-order valence-electron chi connectivity index (χ4n) is 6.84. The van der Waals surface area contributed by atoms with Gasteiger partial charge in [-0.1, -0.05) is 72.8 Å². The van der Waals surface area contributed by atoms with Crippen molar-refractivity contribution in [1.82, 2.24) is 36.9 Å². The number of para-hydroxylation sites is 1. The highest BCUT2D eigenvalue weighted by molar-refractivity contribution is 7.51. The van der Waals surface area contributed by atoms with E-state index >= 15 is 0 Å². The first-order chi connectivity index (χ1) is 30.7. The van der Waals surface area contributed by atoms with Crippen LogP contribution in [0, 0.1) is 0 Å². The zero-order valence-electron chi connectivity index (χ0n) is 35.4. The molecule has 0 aliphatic heterocycles. The lowest BCUT2D eigenvalue weighted by Crippen LogP contribution is -2.60. The van der Waals surface area contributed by atoms with E-state index in [1.54, 1.807) is 42.6 Å². The van der Waals surface area contributed by atoms with Crippen molar-refractivity contribution in [2.75, 3.05) is 7.05 Å². The number of H-pyrrole nitrogens is 1. The van der Waals surface area contributed by atoms with Crippen LogP contribution in [0.15, 0.2) is 85.1 Å². The number of carbonyl (C=O) groups is 8. The molecule has 348 valence electrons. The molecule has 0 saturated carbocycles. The van der Waals surface area contributed by atoms with Crippen molar-refractivity contribution in [2.45, 2.75) is 87.9 Å². The SMILES string of the molecule is CNC(=O)[C@@H](Cc1c[nH]c2ccccc12)NC(=O)[C@H](CCC(=O)O)NC(=O)[C@H](Cc1ccccc1)NC(=O)[C@H](Cc1ccc(C(O)P(=O)(O)O)cc1)NC(=O)[C@H](CCC(=O)O)NC(C)=O. The summed E-state index contributed by atoms with van der Waals surface area (Å²) < 4.78 is 11.7. The molecule has 3 aromatic carbocycles. The minimum atomic E-state index is -4.96. The lowest BCUT2D eigenvalue weighted by atomic mass is 10.00. The smallest absolute Gasteiger partial charge is 0.358 e. The second-order valence-electron chi connectivity index (χ2n) is 15.1. The Morgan fingerprint density at radius 1 is 0.585 bits per heavy atom. The van der Waals surface area contributed by atoms with Gasteiger partial charge in [0.05, 0.1) is 0 Å². The molecular weight excluding hydrogens is 869 g/mol. The Balaban J connectivity index is 1.66. The Kier molecular flexibility index (Phi) is 18.5. The molecule has 12 N–H and O–H groups in total. The van der Waals surface area contributed by atoms with Gasteiger partial charge in [-0.05, 0) is 41.2 Å². The largest absolute Gasteiger partial charge is 0.481 e. The maximum atomic E-state index is 14.3. The molecule has 0 bridgehead atoms. The van der Waals surface area contributed by atoms with Gasteiger partial charge in [0.2, 0.25) is 35.4 Å². The van der Waals surface area contributed by atoms with Crippen LogP contribution in [-0.2, 0) is 62.2 Å². The fourth-order valence-corrected chi connectivity index (χ4v) is 7.40. The van der Waals surface area contributed by atoms with Gasteiger partial charge in [0.15, 0.2) is 5.85 Å². The highest BCUT2D eigenvalue weighted by Gasteiger charge is 2.34. The third kappa shape index (κ3) is 15.7. The monoisotopic (exact) mass is 921 g/mol. The van der Waals surface area contributed by atoms with Gasteiger partial charge in [-0.15, -0.1) is 0 Å². The van der Waals surface area contributed by atoms with Crippen LogP contribution < -0.4 is 31.9 Å². The van der Waals surface area contributed by atoms with Crippen LogP contribution in [0.4, 0.5) is 0 Å². The summed E-state index contributed by atoms with van der Waals surface area (Å²) in [6, 6.07) is 13.4. The molecule has 22 heteroatoms. The maximum Gasteiger partial charge on any atom is 0.358 e. The topological polar surface area (TPSA) is 343 Å². The molecule has 21 nitrogen and oxygen atoms in total. The van der Waals surface area contributed by atoms with Gasteiger partial charge in [0, 0.05) is 63.2 Å². The Morgan fingerprint density at radius 3 is 1.52 bits per heavy atom. The van der Waals surface area contributed by atoms with E-state index in [9.17, 15) is 68.0 Å². The molecule has 4 aromatic rings. The number of carboxylic acids is 2. The van der Waals surface area contributed by atoms with Crippen molar-refractivity contribution in [1.29, 1.82) is 0 Å². The van der Waals surface area contributed by atoms with Gasteiger partial charge in [-0.25, -0.2) is 0 Å². The molecule has 0 radical (unpaired) electrons. The Hall–Kier alpha value is -6.93. The molecule has 1 heterocycles. The minimum Gasteiger partial charge on any atom is -0.481 e. The predicted octanol–water partition coefficient (Wildman–Crippen LogP) is 0.284. The number of carboxylic acid groups (broad SMARTS) is 2. The van der Waals surface area contributed by atoms with Crippen molar-refractivity contribution < 1.29 is 68.0 Å². The van der Waals surface area contributed by atoms with Crippen molar-refractivity contribution in [3.63, 3.8) is 0 Å². The van der Waals surface area contributed by atoms with E-state index in [-0.39, 0.29) is 36.8 Å². The summed E-state index contributed by atoms with van der Waals surface area (Å²) in [5.74, 6) is -9.81. The minimum absolute atomic E-state index is 0.0148. The van der Waals surface area contributed by atoms with Crippen LogP contribution >= 0.6 is 7.60 Å². The van der Waals surface area contributed by atoms with E-state index < -0.39 is 110 Å². The summed E-state index contributed by atoms with van der Waals surface area (Å²) in [5.41, 5.74) is 2.12. The molecule has 65 heavy (non-hydrogen) atoms. The molecular formula is C43H52N7O14P. The van der Waals surface area contributed by atoms with E-state index in [1.807, 2.05) is 18.2 Å². The number of aliphatic hydroxyl groups is 1. The number of hydrogen-bond donors (Lipinski definition) is 12. The van der Waals surface area contributed by atoms with Crippen molar-refractivity contribution >= 4 is 65.9 Å². The van der Waals surface area contributed by atoms with Crippen LogP contribution in [0.25, 0.3) is 10.9 Å². The van der Waals surface area contributed by atoms with E-state index in [0.717, 1.165) is 17.8 Å². The van der Waals surface area contributed by atoms with Gasteiger partial charge in [-0.2, -0.15) is 0 Å². The third-order valence-electron chi connectivity index (χ3n) is 10.2. The zero-order valence-corrected chi connectivity index (χ0v) is 36.2. The summed E-state index contributed by atoms with van der Waals surface area (Å²) in [6.45, 7) is 1.10. The number of rotatable bonds is 24. The molecule has 4 rings (SSSR count). The molecule has 1 unspecified atom stereocenters. The number of aromatic nitrogens is 1. The number of amides is 6. The second-order valence-corrected chi connectivity index (χ2v) is 16.8. The highest BCUT2D eigenvalue weighted by Crippen LogP contribution is 2.49. The maximum absolute atomic E-state index is 14.3. The average Bonchev–Trinajstić information content (AvgIpc) is 3.67. The first-order valence-electron chi connectivity index (χ1n) is 20.3. The van der Waals surface area contributed by atoms with Gasteiger partial charge in [0.25, 0.3) is 0 Å². The second kappa shape index (κ2) is 23.7. The lowest BCUT2D eigenvalue weighted by molar-refractivity contribution is -0.139. The number of hydrogen-bond acceptors (Lipinski definition) is 10. The van der Waals surface area contributed by atoms with Crippen LogP contribution in [0.2, 0.25) is 0 Å². The molecule has 0 spiro atoms. The number of aliphatic carboxylic acids is 2. The van der Waals surface area contributed by atoms with E-state index in [2.05, 4.69) is 36.9 Å². The quantitative estimate of drug-likeness (QED) is 0.0421. The van der Waals surface area contributed by atoms with E-state index in [0.29, 0.717) is 11.1 Å². The molecule has 1 aromatic heterocycles. The Bertz CT molecular complexity index is 2390. The van der Waals surface area contributed by atoms with E-state index in [1.165, 1.54) is 31.3 Å². The molecule has 6 amide bonds. The third-order valence-corrected chi connectivity index (χ3v) is 11.1. The Morgan fingerprint density at radius 2 is 1.03 bits per heavy atom. The molecule has 0 saturated heterocycles. The average molecular weight is 922 g/mol. The molecule has 0 aliphatic rings. The normalized spacial score (nSPS) is 14.0. The Labute approximate surface area is 372 Å². The number of likely N-dealkylation sites (N-methyl/N-ethyl adjacent to an activating group) is 1. The molecule has 6 atom stereocenters. The number of carbonyl (C=O) groups excluding carboxylic acids is 6. The highest BCUT2D eigenvalue weighted by atomic mass is 31.2. The van der Waals surface area contributed by atoms with Crippen LogP contribution in [-0.4, -0.2) is 115 Å². The summed E-state index contributed by atoms with van der Waals surface area (Å²) in [6.07, 6.45) is -0.778. The first kappa shape index (κ1) is 50.7. The summed E-state index contributed by atoms with van der Waals surface area (Å²) in [5, 5.41) is 44.8. The lowest BCUT2D eigenvalue weighted by Gasteiger charge is -2.27. The summed E-state index contributed by atoms with van der Waals surface area (Å²) in [7, 11) is -3.59. The van der Waals surface area contributed by atoms with Crippen molar-refractivity contribution in [2.24, 2.45) is 0 Å². The number of aromatic amines is 1. The summed E-state index contributed by atoms with van der Waals surface area (Å²) >= 11 is 0. The van der Waals surface area contributed by atoms with Crippen LogP contribution in [0.1, 0.15) is 60.7 Å². The fraction of sp³-hybridized carbons (Fsp3) is 0.349. The van der Waals surface area contributed by atoms with E-state index in [4.69, 9.17) is 0 Å². The molecule has 0 aliphatic carbocycles. The number of benzene rings is 3. The van der Waals surface area contributed by atoms with Crippen molar-refractivity contribution in [3.05, 3.63) is 107 Å². The van der Waals surface area contributed by atoms with Gasteiger partial charge in [0.1, 0.15) is 30.2 Å². The van der Waals surface area contributed by atoms with Crippen LogP contribution in [0.3, 0.4) is 0 Å². The number of aliphatic hydroxyl groups excluding tert-OH is 1. The zero-order chi connectivity index (χ0) is 47.8. The number of fused-ring (bicyclic) bond motifs is 1. The standard InChI is InChI=1S/C43H52N7O14P/c1-24(51)46-31(16-18-36(52)53)39(57)48-34(21-26-12-14-27(15-13-26)43(61)65(62,63)64)42(60)49-33(20-25-8-4-3-5-9-25)41(59)47-32(17-19-37(54)55)40(58)50-35(38(56)44-2)22-28-23-45-30-11-7-6-10-29(28)30/h3-15,23,31-35,43,45,61H,16-22H2,1-2H3,(H,44,56)(H,46,51)(H,47,59)(H,48,57)(H,49,60)(H,50,58)(H,52,53)(H,54,55)(H2,62,63,64)/t31-,32-,33-,34-,35+,43?/m0/s1. The predicted molar refractivity (Wildman–Crippen MR) is 232 cm³/mol. The number of nitrogens with one attached hydrogen (secondary N) is 7.